The predicted molar refractivity (Wildman–Crippen MR) is 228 cm³/mol. The van der Waals surface area contributed by atoms with Crippen molar-refractivity contribution in [2.75, 3.05) is 29.5 Å². The summed E-state index contributed by atoms with van der Waals surface area (Å²) in [5.41, 5.74) is 9.01. The topological polar surface area (TPSA) is 137 Å². The standard InChI is InChI=1S/C45H45N3O7S2/c1-4-47(31-33-9-7-11-43(29-33)56(49,50)51)40-23-15-36(16-24-40)45(35-13-19-38(20-14-35)46-39-21-27-42(28-22-39)55-6-3)37-17-25-41(26-18-37)48(5-2)32-34-10-8-12-44(30-34)57(52,53)54/h7-30H,4-6,31-32H2,1-3H3,(H,49,50,51)(H,52,53,54). The van der Waals surface area contributed by atoms with Gasteiger partial charge in [0.05, 0.1) is 27.8 Å². The Hall–Kier alpha value is -5.79. The van der Waals surface area contributed by atoms with Crippen molar-refractivity contribution >= 4 is 48.6 Å². The Morgan fingerprint density at radius 3 is 1.46 bits per heavy atom. The first-order chi connectivity index (χ1) is 27.3. The van der Waals surface area contributed by atoms with Gasteiger partial charge >= 0.3 is 0 Å². The molecule has 0 saturated heterocycles. The summed E-state index contributed by atoms with van der Waals surface area (Å²) in [5.74, 6) is 0.796. The largest absolute Gasteiger partial charge is 0.494 e. The van der Waals surface area contributed by atoms with E-state index in [4.69, 9.17) is 9.73 Å². The molecule has 0 saturated carbocycles. The van der Waals surface area contributed by atoms with E-state index in [9.17, 15) is 25.9 Å². The molecule has 1 aliphatic rings. The third-order valence-electron chi connectivity index (χ3n) is 9.51. The first-order valence-electron chi connectivity index (χ1n) is 18.6. The number of rotatable bonds is 15. The van der Waals surface area contributed by atoms with Crippen LogP contribution >= 0.6 is 0 Å². The molecular weight excluding hydrogens is 759 g/mol. The molecule has 0 bridgehead atoms. The van der Waals surface area contributed by atoms with E-state index in [1.807, 2.05) is 69.3 Å². The summed E-state index contributed by atoms with van der Waals surface area (Å²) in [6.45, 7) is 8.84. The highest BCUT2D eigenvalue weighted by Gasteiger charge is 2.16. The first kappa shape index (κ1) is 40.9. The maximum absolute atomic E-state index is 11.8. The third-order valence-corrected chi connectivity index (χ3v) is 11.2. The number of aliphatic imine (C=N–C) groups is 1. The molecule has 1 aliphatic carbocycles. The smallest absolute Gasteiger partial charge is 0.294 e. The van der Waals surface area contributed by atoms with Gasteiger partial charge in [-0.15, -0.1) is 0 Å². The lowest BCUT2D eigenvalue weighted by molar-refractivity contribution is 0.340. The highest BCUT2D eigenvalue weighted by Crippen LogP contribution is 2.33. The second kappa shape index (κ2) is 18.0. The number of nitrogens with zero attached hydrogens (tertiary/aromatic N) is 3. The summed E-state index contributed by atoms with van der Waals surface area (Å²) in [7, 11) is -8.63. The molecular formula is C45H45N3O7S2. The summed E-state index contributed by atoms with van der Waals surface area (Å²) in [6, 6.07) is 36.8. The van der Waals surface area contributed by atoms with Gasteiger partial charge in [0.2, 0.25) is 0 Å². The van der Waals surface area contributed by atoms with Crippen molar-refractivity contribution in [1.82, 2.24) is 0 Å². The molecule has 12 heteroatoms. The van der Waals surface area contributed by atoms with Crippen molar-refractivity contribution in [3.05, 3.63) is 173 Å². The third kappa shape index (κ3) is 10.5. The molecule has 0 heterocycles. The Labute approximate surface area is 335 Å². The van der Waals surface area contributed by atoms with Crippen molar-refractivity contribution in [3.8, 4) is 5.75 Å². The molecule has 6 rings (SSSR count). The molecule has 10 nitrogen and oxygen atoms in total. The molecule has 0 aromatic heterocycles. The van der Waals surface area contributed by atoms with Gasteiger partial charge in [-0.1, -0.05) is 60.7 Å². The van der Waals surface area contributed by atoms with Gasteiger partial charge < -0.3 is 14.5 Å². The van der Waals surface area contributed by atoms with Crippen LogP contribution in [0.25, 0.3) is 5.57 Å². The zero-order valence-corrected chi connectivity index (χ0v) is 33.6. The van der Waals surface area contributed by atoms with Crippen molar-refractivity contribution in [2.45, 2.75) is 43.7 Å². The Balaban J connectivity index is 1.32. The Morgan fingerprint density at radius 2 is 1.05 bits per heavy atom. The summed E-state index contributed by atoms with van der Waals surface area (Å²) in [4.78, 5) is 8.79. The minimum atomic E-state index is -4.32. The van der Waals surface area contributed by atoms with Gasteiger partial charge in [-0.3, -0.25) is 9.11 Å². The van der Waals surface area contributed by atoms with Crippen LogP contribution in [-0.2, 0) is 33.3 Å². The predicted octanol–water partition coefficient (Wildman–Crippen LogP) is 9.33. The quantitative estimate of drug-likeness (QED) is 0.0993. The highest BCUT2D eigenvalue weighted by atomic mass is 32.2. The van der Waals surface area contributed by atoms with Crippen LogP contribution in [0.4, 0.5) is 17.1 Å². The van der Waals surface area contributed by atoms with Gasteiger partial charge in [-0.05, 0) is 139 Å². The fourth-order valence-corrected chi connectivity index (χ4v) is 7.74. The Morgan fingerprint density at radius 1 is 0.596 bits per heavy atom. The highest BCUT2D eigenvalue weighted by molar-refractivity contribution is 7.86. The molecule has 0 spiro atoms. The van der Waals surface area contributed by atoms with E-state index in [1.165, 1.54) is 24.3 Å². The molecule has 57 heavy (non-hydrogen) atoms. The van der Waals surface area contributed by atoms with Crippen molar-refractivity contribution in [1.29, 1.82) is 0 Å². The molecule has 2 N–H and O–H groups in total. The van der Waals surface area contributed by atoms with E-state index in [1.54, 1.807) is 12.1 Å². The average Bonchev–Trinajstić information content (AvgIpc) is 3.21. The molecule has 5 aromatic carbocycles. The second-order valence-electron chi connectivity index (χ2n) is 13.3. The molecule has 0 amide bonds. The van der Waals surface area contributed by atoms with Gasteiger partial charge in [-0.2, -0.15) is 16.8 Å². The average molecular weight is 804 g/mol. The van der Waals surface area contributed by atoms with Gasteiger partial charge in [0.15, 0.2) is 0 Å². The van der Waals surface area contributed by atoms with Crippen LogP contribution < -0.4 is 14.5 Å². The number of benzene rings is 5. The maximum Gasteiger partial charge on any atom is 0.294 e. The summed E-state index contributed by atoms with van der Waals surface area (Å²) in [6.07, 6.45) is 8.11. The van der Waals surface area contributed by atoms with E-state index in [0.29, 0.717) is 32.8 Å². The van der Waals surface area contributed by atoms with E-state index in [-0.39, 0.29) is 9.79 Å². The first-order valence-corrected chi connectivity index (χ1v) is 21.5. The van der Waals surface area contributed by atoms with Crippen LogP contribution in [0.5, 0.6) is 5.75 Å². The van der Waals surface area contributed by atoms with Gasteiger partial charge in [0.1, 0.15) is 5.75 Å². The van der Waals surface area contributed by atoms with Crippen LogP contribution in [0.15, 0.2) is 166 Å². The minimum Gasteiger partial charge on any atom is -0.494 e. The van der Waals surface area contributed by atoms with Gasteiger partial charge in [0.25, 0.3) is 20.2 Å². The molecule has 0 aliphatic heterocycles. The molecule has 5 aromatic rings. The van der Waals surface area contributed by atoms with E-state index < -0.39 is 20.2 Å². The van der Waals surface area contributed by atoms with Crippen LogP contribution in [0.3, 0.4) is 0 Å². The van der Waals surface area contributed by atoms with Crippen LogP contribution in [-0.4, -0.2) is 51.3 Å². The van der Waals surface area contributed by atoms with E-state index in [2.05, 4.69) is 70.5 Å². The number of allylic oxidation sites excluding steroid dienone is 5. The number of ether oxygens (including phenoxy) is 1. The fourth-order valence-electron chi connectivity index (χ4n) is 6.63. The van der Waals surface area contributed by atoms with Crippen molar-refractivity contribution in [3.63, 3.8) is 0 Å². The zero-order valence-electron chi connectivity index (χ0n) is 32.0. The number of hydrogen-bond donors (Lipinski definition) is 2. The Bertz CT molecular complexity index is 2400. The molecule has 0 atom stereocenters. The van der Waals surface area contributed by atoms with Crippen molar-refractivity contribution < 1.29 is 30.7 Å². The fraction of sp³-hybridized carbons (Fsp3) is 0.178. The molecule has 0 unspecified atom stereocenters. The Kier molecular flexibility index (Phi) is 12.9. The lowest BCUT2D eigenvalue weighted by Crippen LogP contribution is -2.22. The number of anilines is 2. The molecule has 294 valence electrons. The maximum atomic E-state index is 11.8. The van der Waals surface area contributed by atoms with Crippen LogP contribution in [0, 0.1) is 0 Å². The molecule has 0 radical (unpaired) electrons. The second-order valence-corrected chi connectivity index (χ2v) is 16.2. The van der Waals surface area contributed by atoms with Crippen LogP contribution in [0.1, 0.15) is 43.0 Å². The summed E-state index contributed by atoms with van der Waals surface area (Å²) < 4.78 is 71.7. The normalized spacial score (nSPS) is 12.7. The summed E-state index contributed by atoms with van der Waals surface area (Å²) >= 11 is 0. The van der Waals surface area contributed by atoms with E-state index >= 15 is 0 Å². The summed E-state index contributed by atoms with van der Waals surface area (Å²) in [5, 5.41) is 0. The number of hydrogen-bond acceptors (Lipinski definition) is 8. The lowest BCUT2D eigenvalue weighted by Gasteiger charge is -2.25. The monoisotopic (exact) mass is 803 g/mol. The van der Waals surface area contributed by atoms with Crippen LogP contribution in [0.2, 0.25) is 0 Å². The van der Waals surface area contributed by atoms with Gasteiger partial charge in [0, 0.05) is 37.6 Å². The van der Waals surface area contributed by atoms with E-state index in [0.717, 1.165) is 61.9 Å². The SMILES string of the molecule is CCOc1ccc(N=C2C=CC(=C(c3ccc(N(CC)Cc4cccc(S(=O)(=O)O)c4)cc3)c3ccc(N(CC)Cc4cccc(S(=O)(=O)O)c4)cc3)C=C2)cc1. The molecule has 0 fully saturated rings. The van der Waals surface area contributed by atoms with Crippen molar-refractivity contribution in [2.24, 2.45) is 4.99 Å². The zero-order chi connectivity index (χ0) is 40.6. The minimum absolute atomic E-state index is 0.136. The van der Waals surface area contributed by atoms with Gasteiger partial charge in [-0.25, -0.2) is 4.99 Å². The lowest BCUT2D eigenvalue weighted by atomic mass is 9.90.